The Labute approximate surface area is 97.1 Å². The topological polar surface area (TPSA) is 29.5 Å². The van der Waals surface area contributed by atoms with Gasteiger partial charge in [-0.3, -0.25) is 0 Å². The molecule has 0 fully saturated rings. The average Bonchev–Trinajstić information content (AvgIpc) is 2.31. The van der Waals surface area contributed by atoms with Crippen LogP contribution in [-0.4, -0.2) is 5.11 Å². The van der Waals surface area contributed by atoms with E-state index < -0.39 is 11.6 Å². The van der Waals surface area contributed by atoms with Crippen LogP contribution in [0.5, 0.6) is 11.5 Å². The van der Waals surface area contributed by atoms with E-state index in [1.807, 2.05) is 0 Å². The summed E-state index contributed by atoms with van der Waals surface area (Å²) < 4.78 is 31.7. The van der Waals surface area contributed by atoms with Crippen molar-refractivity contribution < 1.29 is 18.6 Å². The molecule has 4 heteroatoms. The molecule has 17 heavy (non-hydrogen) atoms. The summed E-state index contributed by atoms with van der Waals surface area (Å²) in [4.78, 5) is 0. The Bertz CT molecular complexity index is 489. The molecule has 0 atom stereocenters. The third-order valence-electron chi connectivity index (χ3n) is 2.28. The molecule has 0 aliphatic heterocycles. The number of halogens is 2. The first kappa shape index (κ1) is 11.4. The maximum Gasteiger partial charge on any atom is 0.132 e. The Morgan fingerprint density at radius 1 is 0.941 bits per heavy atom. The van der Waals surface area contributed by atoms with E-state index in [4.69, 9.17) is 9.84 Å². The van der Waals surface area contributed by atoms with E-state index in [1.165, 1.54) is 42.5 Å². The van der Waals surface area contributed by atoms with Crippen molar-refractivity contribution >= 4 is 0 Å². The largest absolute Gasteiger partial charge is 0.508 e. The molecule has 0 heterocycles. The van der Waals surface area contributed by atoms with Gasteiger partial charge in [-0.15, -0.1) is 0 Å². The molecule has 0 spiro atoms. The Morgan fingerprint density at radius 3 is 2.12 bits per heavy atom. The Kier molecular flexibility index (Phi) is 3.23. The SMILES string of the molecule is Oc1ccc(OCc2c(F)cccc2F)cc1. The van der Waals surface area contributed by atoms with Gasteiger partial charge in [0.25, 0.3) is 0 Å². The molecule has 0 saturated carbocycles. The molecule has 0 aliphatic rings. The molecule has 0 radical (unpaired) electrons. The molecule has 0 aromatic heterocycles. The van der Waals surface area contributed by atoms with E-state index >= 15 is 0 Å². The van der Waals surface area contributed by atoms with Gasteiger partial charge in [0.1, 0.15) is 29.7 Å². The van der Waals surface area contributed by atoms with Crippen LogP contribution in [0.4, 0.5) is 8.78 Å². The maximum absolute atomic E-state index is 13.3. The van der Waals surface area contributed by atoms with E-state index in [-0.39, 0.29) is 17.9 Å². The molecule has 0 unspecified atom stereocenters. The quantitative estimate of drug-likeness (QED) is 0.886. The summed E-state index contributed by atoms with van der Waals surface area (Å²) in [5.41, 5.74) is -0.111. The lowest BCUT2D eigenvalue weighted by Crippen LogP contribution is -2.01. The van der Waals surface area contributed by atoms with Crippen molar-refractivity contribution in [2.75, 3.05) is 0 Å². The summed E-state index contributed by atoms with van der Waals surface area (Å²) in [5.74, 6) is -0.729. The van der Waals surface area contributed by atoms with Gasteiger partial charge in [0.15, 0.2) is 0 Å². The number of rotatable bonds is 3. The number of hydrogen-bond donors (Lipinski definition) is 1. The van der Waals surface area contributed by atoms with Crippen LogP contribution < -0.4 is 4.74 Å². The molecular weight excluding hydrogens is 226 g/mol. The van der Waals surface area contributed by atoms with Gasteiger partial charge in [0, 0.05) is 0 Å². The standard InChI is InChI=1S/C13H10F2O2/c14-12-2-1-3-13(15)11(12)8-17-10-6-4-9(16)5-7-10/h1-7,16H,8H2. The summed E-state index contributed by atoms with van der Waals surface area (Å²) in [6.45, 7) is -0.191. The maximum atomic E-state index is 13.3. The summed E-state index contributed by atoms with van der Waals surface area (Å²) in [7, 11) is 0. The number of phenols is 1. The fraction of sp³-hybridized carbons (Fsp3) is 0.0769. The highest BCUT2D eigenvalue weighted by Gasteiger charge is 2.08. The van der Waals surface area contributed by atoms with Crippen molar-refractivity contribution in [2.24, 2.45) is 0 Å². The highest BCUT2D eigenvalue weighted by atomic mass is 19.1. The zero-order valence-electron chi connectivity index (χ0n) is 8.86. The predicted octanol–water partition coefficient (Wildman–Crippen LogP) is 3.25. The minimum atomic E-state index is -0.635. The van der Waals surface area contributed by atoms with Gasteiger partial charge in [-0.25, -0.2) is 8.78 Å². The molecule has 0 bridgehead atoms. The van der Waals surface area contributed by atoms with E-state index in [1.54, 1.807) is 0 Å². The second-order valence-corrected chi connectivity index (χ2v) is 3.48. The van der Waals surface area contributed by atoms with Crippen LogP contribution in [-0.2, 0) is 6.61 Å². The van der Waals surface area contributed by atoms with Crippen molar-refractivity contribution in [1.29, 1.82) is 0 Å². The minimum Gasteiger partial charge on any atom is -0.508 e. The van der Waals surface area contributed by atoms with Gasteiger partial charge in [0.2, 0.25) is 0 Å². The number of aromatic hydroxyl groups is 1. The zero-order valence-corrected chi connectivity index (χ0v) is 8.86. The lowest BCUT2D eigenvalue weighted by atomic mass is 10.2. The van der Waals surface area contributed by atoms with Gasteiger partial charge < -0.3 is 9.84 Å². The highest BCUT2D eigenvalue weighted by Crippen LogP contribution is 2.19. The molecule has 0 amide bonds. The molecule has 1 N–H and O–H groups in total. The van der Waals surface area contributed by atoms with Gasteiger partial charge in [-0.2, -0.15) is 0 Å². The van der Waals surface area contributed by atoms with Crippen LogP contribution in [0.2, 0.25) is 0 Å². The van der Waals surface area contributed by atoms with Crippen LogP contribution in [0, 0.1) is 11.6 Å². The fourth-order valence-electron chi connectivity index (χ4n) is 1.37. The lowest BCUT2D eigenvalue weighted by molar-refractivity contribution is 0.292. The Balaban J connectivity index is 2.10. The number of benzene rings is 2. The van der Waals surface area contributed by atoms with Crippen molar-refractivity contribution in [3.63, 3.8) is 0 Å². The van der Waals surface area contributed by atoms with Gasteiger partial charge in [0.05, 0.1) is 5.56 Å². The fourth-order valence-corrected chi connectivity index (χ4v) is 1.37. The molecule has 0 saturated heterocycles. The van der Waals surface area contributed by atoms with Crippen molar-refractivity contribution in [3.8, 4) is 11.5 Å². The average molecular weight is 236 g/mol. The third kappa shape index (κ3) is 2.72. The second kappa shape index (κ2) is 4.82. The third-order valence-corrected chi connectivity index (χ3v) is 2.28. The number of phenolic OH excluding ortho intramolecular Hbond substituents is 1. The monoisotopic (exact) mass is 236 g/mol. The molecule has 2 nitrogen and oxygen atoms in total. The summed E-state index contributed by atoms with van der Waals surface area (Å²) in [6.07, 6.45) is 0. The Hall–Kier alpha value is -2.10. The van der Waals surface area contributed by atoms with Crippen molar-refractivity contribution in [1.82, 2.24) is 0 Å². The summed E-state index contributed by atoms with van der Waals surface area (Å²) in [6, 6.07) is 9.58. The molecular formula is C13H10F2O2. The first-order chi connectivity index (χ1) is 8.16. The first-order valence-electron chi connectivity index (χ1n) is 5.01. The molecule has 2 rings (SSSR count). The highest BCUT2D eigenvalue weighted by molar-refractivity contribution is 5.30. The molecule has 0 aliphatic carbocycles. The van der Waals surface area contributed by atoms with E-state index in [0.717, 1.165) is 0 Å². The molecule has 88 valence electrons. The number of hydrogen-bond acceptors (Lipinski definition) is 2. The van der Waals surface area contributed by atoms with Crippen LogP contribution in [0.15, 0.2) is 42.5 Å². The first-order valence-corrected chi connectivity index (χ1v) is 5.01. The normalized spacial score (nSPS) is 10.2. The van der Waals surface area contributed by atoms with Crippen LogP contribution >= 0.6 is 0 Å². The van der Waals surface area contributed by atoms with Crippen LogP contribution in [0.3, 0.4) is 0 Å². The van der Waals surface area contributed by atoms with Crippen LogP contribution in [0.25, 0.3) is 0 Å². The van der Waals surface area contributed by atoms with E-state index in [0.29, 0.717) is 5.75 Å². The summed E-state index contributed by atoms with van der Waals surface area (Å²) >= 11 is 0. The predicted molar refractivity (Wildman–Crippen MR) is 58.8 cm³/mol. The lowest BCUT2D eigenvalue weighted by Gasteiger charge is -2.07. The number of ether oxygens (including phenoxy) is 1. The van der Waals surface area contributed by atoms with Crippen molar-refractivity contribution in [2.45, 2.75) is 6.61 Å². The zero-order chi connectivity index (χ0) is 12.3. The van der Waals surface area contributed by atoms with Gasteiger partial charge in [-0.1, -0.05) is 6.07 Å². The van der Waals surface area contributed by atoms with Gasteiger partial charge in [-0.05, 0) is 36.4 Å². The van der Waals surface area contributed by atoms with E-state index in [2.05, 4.69) is 0 Å². The molecule has 2 aromatic carbocycles. The minimum absolute atomic E-state index is 0.106. The van der Waals surface area contributed by atoms with E-state index in [9.17, 15) is 8.78 Å². The molecule has 2 aromatic rings. The smallest absolute Gasteiger partial charge is 0.132 e. The second-order valence-electron chi connectivity index (χ2n) is 3.48. The van der Waals surface area contributed by atoms with Crippen molar-refractivity contribution in [3.05, 3.63) is 59.7 Å². The van der Waals surface area contributed by atoms with Gasteiger partial charge >= 0.3 is 0 Å². The summed E-state index contributed by atoms with van der Waals surface area (Å²) in [5, 5.41) is 9.05. The Morgan fingerprint density at radius 2 is 1.53 bits per heavy atom. The van der Waals surface area contributed by atoms with Crippen LogP contribution in [0.1, 0.15) is 5.56 Å².